The van der Waals surface area contributed by atoms with Crippen LogP contribution in [0.4, 0.5) is 0 Å². The van der Waals surface area contributed by atoms with E-state index in [0.717, 1.165) is 18.1 Å². The second kappa shape index (κ2) is 3.40. The van der Waals surface area contributed by atoms with Crippen molar-refractivity contribution in [2.75, 3.05) is 0 Å². The minimum atomic E-state index is 0.613. The highest BCUT2D eigenvalue weighted by Crippen LogP contribution is 2.35. The van der Waals surface area contributed by atoms with Gasteiger partial charge >= 0.3 is 0 Å². The highest BCUT2D eigenvalue weighted by atomic mass is 14.9. The molecular formula is C10H16N2. The molecular weight excluding hydrogens is 148 g/mol. The lowest BCUT2D eigenvalue weighted by atomic mass is 9.91. The molecule has 66 valence electrons. The van der Waals surface area contributed by atoms with Gasteiger partial charge in [-0.25, -0.2) is 0 Å². The molecule has 0 radical (unpaired) electrons. The molecule has 0 heterocycles. The second-order valence-electron chi connectivity index (χ2n) is 4.20. The van der Waals surface area contributed by atoms with Crippen molar-refractivity contribution < 1.29 is 4.79 Å². The molecule has 2 saturated carbocycles. The predicted octanol–water partition coefficient (Wildman–Crippen LogP) is 2.65. The van der Waals surface area contributed by atoms with Gasteiger partial charge in [0.25, 0.3) is 5.71 Å². The molecule has 2 unspecified atom stereocenters. The normalized spacial score (nSPS) is 35.5. The maximum Gasteiger partial charge on any atom is 0.271 e. The molecule has 2 fully saturated rings. The van der Waals surface area contributed by atoms with Crippen LogP contribution in [0.15, 0.2) is 0 Å². The van der Waals surface area contributed by atoms with Gasteiger partial charge in [-0.1, -0.05) is 12.8 Å². The topological polar surface area (TPSA) is 36.4 Å². The molecule has 2 bridgehead atoms. The van der Waals surface area contributed by atoms with Crippen molar-refractivity contribution in [1.29, 1.82) is 0 Å². The third-order valence-corrected chi connectivity index (χ3v) is 3.50. The number of hydrogen-bond donors (Lipinski definition) is 0. The van der Waals surface area contributed by atoms with E-state index in [-0.39, 0.29) is 0 Å². The van der Waals surface area contributed by atoms with Crippen LogP contribution in [0.3, 0.4) is 0 Å². The zero-order valence-electron chi connectivity index (χ0n) is 7.50. The fraction of sp³-hybridized carbons (Fsp3) is 0.900. The van der Waals surface area contributed by atoms with Crippen LogP contribution in [0.25, 0.3) is 5.53 Å². The van der Waals surface area contributed by atoms with Crippen molar-refractivity contribution in [2.24, 2.45) is 11.8 Å². The summed E-state index contributed by atoms with van der Waals surface area (Å²) in [5.74, 6) is 1.54. The molecule has 2 rings (SSSR count). The third kappa shape index (κ3) is 1.44. The van der Waals surface area contributed by atoms with Gasteiger partial charge in [0, 0.05) is 6.42 Å². The molecule has 12 heavy (non-hydrogen) atoms. The van der Waals surface area contributed by atoms with Crippen LogP contribution in [0.1, 0.15) is 44.9 Å². The molecule has 0 aromatic carbocycles. The molecule has 2 heteroatoms. The standard InChI is InChI=1S/C10H16N2/c11-12-10-7-5-8-2-1-3-9(10)6-4-8/h8-9H,1-7H2. The molecule has 0 aromatic rings. The van der Waals surface area contributed by atoms with Crippen molar-refractivity contribution >= 4 is 5.71 Å². The van der Waals surface area contributed by atoms with Gasteiger partial charge in [0.2, 0.25) is 0 Å². The van der Waals surface area contributed by atoms with Crippen molar-refractivity contribution in [3.05, 3.63) is 5.53 Å². The number of rotatable bonds is 0. The molecule has 0 spiro atoms. The van der Waals surface area contributed by atoms with Crippen molar-refractivity contribution in [2.45, 2.75) is 44.9 Å². The van der Waals surface area contributed by atoms with Gasteiger partial charge in [0.05, 0.1) is 5.92 Å². The van der Waals surface area contributed by atoms with E-state index < -0.39 is 0 Å². The lowest BCUT2D eigenvalue weighted by Crippen LogP contribution is -2.14. The van der Waals surface area contributed by atoms with Gasteiger partial charge in [-0.05, 0) is 31.6 Å². The van der Waals surface area contributed by atoms with E-state index in [0.29, 0.717) is 5.92 Å². The zero-order valence-corrected chi connectivity index (χ0v) is 7.50. The van der Waals surface area contributed by atoms with Crippen LogP contribution in [-0.2, 0) is 0 Å². The Morgan fingerprint density at radius 3 is 2.83 bits per heavy atom. The Balaban J connectivity index is 2.19. The molecule has 0 aliphatic heterocycles. The Bertz CT molecular complexity index is 216. The average Bonchev–Trinajstić information content (AvgIpc) is 2.37. The van der Waals surface area contributed by atoms with E-state index in [1.165, 1.54) is 38.5 Å². The summed E-state index contributed by atoms with van der Waals surface area (Å²) in [7, 11) is 0. The molecule has 2 aliphatic rings. The molecule has 0 saturated heterocycles. The van der Waals surface area contributed by atoms with Crippen molar-refractivity contribution in [1.82, 2.24) is 0 Å². The fourth-order valence-corrected chi connectivity index (χ4v) is 2.69. The summed E-state index contributed by atoms with van der Waals surface area (Å²) in [6, 6.07) is 0. The molecule has 2 aliphatic carbocycles. The summed E-state index contributed by atoms with van der Waals surface area (Å²) in [6.07, 6.45) is 8.95. The Hall–Kier alpha value is -0.620. The van der Waals surface area contributed by atoms with Gasteiger partial charge < -0.3 is 5.53 Å². The lowest BCUT2D eigenvalue weighted by Gasteiger charge is -2.11. The summed E-state index contributed by atoms with van der Waals surface area (Å²) in [6.45, 7) is 0. The molecule has 2 nitrogen and oxygen atoms in total. The number of hydrogen-bond acceptors (Lipinski definition) is 0. The van der Waals surface area contributed by atoms with Crippen molar-refractivity contribution in [3.8, 4) is 0 Å². The van der Waals surface area contributed by atoms with Crippen LogP contribution in [0, 0.1) is 11.8 Å². The second-order valence-corrected chi connectivity index (χ2v) is 4.20. The SMILES string of the molecule is [N-]=[N+]=C1CCC2CCCC1CC2. The Kier molecular flexibility index (Phi) is 2.27. The molecule has 0 N–H and O–H groups in total. The fourth-order valence-electron chi connectivity index (χ4n) is 2.69. The zero-order chi connectivity index (χ0) is 8.39. The number of fused-ring (bicyclic) bond motifs is 3. The Morgan fingerprint density at radius 1 is 1.08 bits per heavy atom. The summed E-state index contributed by atoms with van der Waals surface area (Å²) in [4.78, 5) is 3.44. The third-order valence-electron chi connectivity index (χ3n) is 3.50. The lowest BCUT2D eigenvalue weighted by molar-refractivity contribution is -0.0167. The summed E-state index contributed by atoms with van der Waals surface area (Å²) >= 11 is 0. The predicted molar refractivity (Wildman–Crippen MR) is 47.9 cm³/mol. The van der Waals surface area contributed by atoms with Gasteiger partial charge in [0.15, 0.2) is 0 Å². The molecule has 0 amide bonds. The van der Waals surface area contributed by atoms with Crippen LogP contribution >= 0.6 is 0 Å². The van der Waals surface area contributed by atoms with Gasteiger partial charge in [0.1, 0.15) is 0 Å². The molecule has 2 atom stereocenters. The maximum absolute atomic E-state index is 8.82. The highest BCUT2D eigenvalue weighted by Gasteiger charge is 2.31. The summed E-state index contributed by atoms with van der Waals surface area (Å²) in [5.41, 5.74) is 9.90. The smallest absolute Gasteiger partial charge is 0.271 e. The van der Waals surface area contributed by atoms with Crippen molar-refractivity contribution in [3.63, 3.8) is 0 Å². The first kappa shape index (κ1) is 8.00. The minimum absolute atomic E-state index is 0.613. The first-order chi connectivity index (χ1) is 5.90. The average molecular weight is 164 g/mol. The minimum Gasteiger partial charge on any atom is -0.362 e. The van der Waals surface area contributed by atoms with Gasteiger partial charge in [-0.2, -0.15) is 4.79 Å². The van der Waals surface area contributed by atoms with Gasteiger partial charge in [-0.3, -0.25) is 0 Å². The first-order valence-corrected chi connectivity index (χ1v) is 5.11. The van der Waals surface area contributed by atoms with E-state index in [9.17, 15) is 0 Å². The largest absolute Gasteiger partial charge is 0.362 e. The van der Waals surface area contributed by atoms with E-state index in [1.54, 1.807) is 0 Å². The monoisotopic (exact) mass is 164 g/mol. The quantitative estimate of drug-likeness (QED) is 0.390. The number of nitrogens with zero attached hydrogens (tertiary/aromatic N) is 2. The Morgan fingerprint density at radius 2 is 2.00 bits per heavy atom. The van der Waals surface area contributed by atoms with E-state index in [1.807, 2.05) is 0 Å². The maximum atomic E-state index is 8.82. The Labute approximate surface area is 73.6 Å². The summed E-state index contributed by atoms with van der Waals surface area (Å²) < 4.78 is 0. The van der Waals surface area contributed by atoms with Crippen LogP contribution in [0.2, 0.25) is 0 Å². The van der Waals surface area contributed by atoms with E-state index in [2.05, 4.69) is 4.79 Å². The highest BCUT2D eigenvalue weighted by molar-refractivity contribution is 5.81. The summed E-state index contributed by atoms with van der Waals surface area (Å²) in [5, 5.41) is 0. The first-order valence-electron chi connectivity index (χ1n) is 5.11. The van der Waals surface area contributed by atoms with E-state index >= 15 is 0 Å². The van der Waals surface area contributed by atoms with Crippen LogP contribution in [0.5, 0.6) is 0 Å². The van der Waals surface area contributed by atoms with E-state index in [4.69, 9.17) is 5.53 Å². The van der Waals surface area contributed by atoms with Crippen LogP contribution < -0.4 is 0 Å². The molecule has 0 aromatic heterocycles. The van der Waals surface area contributed by atoms with Gasteiger partial charge in [-0.15, -0.1) is 0 Å². The van der Waals surface area contributed by atoms with Crippen LogP contribution in [-0.4, -0.2) is 10.5 Å².